The van der Waals surface area contributed by atoms with Gasteiger partial charge in [-0.05, 0) is 22.9 Å². The molecule has 1 aliphatic rings. The highest BCUT2D eigenvalue weighted by molar-refractivity contribution is 5.93. The second-order valence-corrected chi connectivity index (χ2v) is 4.23. The first kappa shape index (κ1) is 11.5. The predicted molar refractivity (Wildman–Crippen MR) is 73.1 cm³/mol. The number of carbonyl (C=O) groups excluding carboxylic acids is 1. The molecule has 1 atom stereocenters. The van der Waals surface area contributed by atoms with Gasteiger partial charge in [0.15, 0.2) is 0 Å². The first-order chi connectivity index (χ1) is 9.26. The van der Waals surface area contributed by atoms with E-state index < -0.39 is 12.3 Å². The van der Waals surface area contributed by atoms with Crippen molar-refractivity contribution in [2.45, 2.75) is 6.29 Å². The van der Waals surface area contributed by atoms with E-state index in [1.54, 1.807) is 0 Å². The van der Waals surface area contributed by atoms with Crippen molar-refractivity contribution < 1.29 is 14.3 Å². The standard InChI is InChI=1S/C16H12O3/c1-2-16-18-14(10-15(17)19-16)13-8-7-11-5-3-4-6-12(11)9-13/h2-10,16H,1H2/t16-/m0/s1. The zero-order valence-corrected chi connectivity index (χ0v) is 10.2. The monoisotopic (exact) mass is 252 g/mol. The lowest BCUT2D eigenvalue weighted by atomic mass is 10.1. The van der Waals surface area contributed by atoms with Crippen LogP contribution in [0.3, 0.4) is 0 Å². The summed E-state index contributed by atoms with van der Waals surface area (Å²) in [7, 11) is 0. The Morgan fingerprint density at radius 2 is 1.84 bits per heavy atom. The molecule has 0 aromatic heterocycles. The highest BCUT2D eigenvalue weighted by Crippen LogP contribution is 2.26. The largest absolute Gasteiger partial charge is 0.450 e. The minimum absolute atomic E-state index is 0.417. The molecule has 2 aromatic rings. The fourth-order valence-corrected chi connectivity index (χ4v) is 2.03. The van der Waals surface area contributed by atoms with Gasteiger partial charge in [0, 0.05) is 5.56 Å². The first-order valence-corrected chi connectivity index (χ1v) is 5.97. The van der Waals surface area contributed by atoms with Crippen molar-refractivity contribution in [3.8, 4) is 0 Å². The normalized spacial score (nSPS) is 18.4. The number of esters is 1. The minimum Gasteiger partial charge on any atom is -0.450 e. The Kier molecular flexibility index (Phi) is 2.80. The van der Waals surface area contributed by atoms with Gasteiger partial charge in [0.25, 0.3) is 6.29 Å². The second kappa shape index (κ2) is 4.61. The molecular formula is C16H12O3. The first-order valence-electron chi connectivity index (χ1n) is 5.97. The van der Waals surface area contributed by atoms with E-state index in [4.69, 9.17) is 9.47 Å². The summed E-state index contributed by atoms with van der Waals surface area (Å²) in [6.07, 6.45) is 2.08. The summed E-state index contributed by atoms with van der Waals surface area (Å²) in [6.45, 7) is 3.57. The van der Waals surface area contributed by atoms with Gasteiger partial charge < -0.3 is 9.47 Å². The van der Waals surface area contributed by atoms with Gasteiger partial charge in [0.05, 0.1) is 6.08 Å². The lowest BCUT2D eigenvalue weighted by Gasteiger charge is -2.22. The van der Waals surface area contributed by atoms with Gasteiger partial charge in [-0.25, -0.2) is 4.79 Å². The molecule has 0 bridgehead atoms. The van der Waals surface area contributed by atoms with Crippen molar-refractivity contribution in [2.24, 2.45) is 0 Å². The Bertz CT molecular complexity index is 685. The number of benzene rings is 2. The molecule has 94 valence electrons. The molecule has 19 heavy (non-hydrogen) atoms. The van der Waals surface area contributed by atoms with Gasteiger partial charge >= 0.3 is 5.97 Å². The molecule has 1 aliphatic heterocycles. The number of carbonyl (C=O) groups is 1. The second-order valence-electron chi connectivity index (χ2n) is 4.23. The van der Waals surface area contributed by atoms with Crippen molar-refractivity contribution in [2.75, 3.05) is 0 Å². The molecule has 0 radical (unpaired) electrons. The number of ether oxygens (including phenoxy) is 2. The van der Waals surface area contributed by atoms with Gasteiger partial charge in [0.2, 0.25) is 0 Å². The lowest BCUT2D eigenvalue weighted by Crippen LogP contribution is -2.22. The molecule has 0 aliphatic carbocycles. The lowest BCUT2D eigenvalue weighted by molar-refractivity contribution is -0.157. The van der Waals surface area contributed by atoms with Crippen molar-refractivity contribution in [3.63, 3.8) is 0 Å². The summed E-state index contributed by atoms with van der Waals surface area (Å²) < 4.78 is 10.5. The minimum atomic E-state index is -0.723. The summed E-state index contributed by atoms with van der Waals surface area (Å²) in [5.41, 5.74) is 0.849. The Morgan fingerprint density at radius 3 is 2.63 bits per heavy atom. The third kappa shape index (κ3) is 2.22. The van der Waals surface area contributed by atoms with Crippen LogP contribution >= 0.6 is 0 Å². The molecule has 3 rings (SSSR count). The van der Waals surface area contributed by atoms with Crippen LogP contribution in [0.2, 0.25) is 0 Å². The fourth-order valence-electron chi connectivity index (χ4n) is 2.03. The SMILES string of the molecule is C=C[C@@H]1OC(=O)C=C(c2ccc3ccccc3c2)O1. The van der Waals surface area contributed by atoms with Gasteiger partial charge in [-0.1, -0.05) is 43.0 Å². The van der Waals surface area contributed by atoms with E-state index in [1.165, 1.54) is 12.2 Å². The summed E-state index contributed by atoms with van der Waals surface area (Å²) in [4.78, 5) is 11.5. The van der Waals surface area contributed by atoms with Crippen LogP contribution in [0.25, 0.3) is 16.5 Å². The number of fused-ring (bicyclic) bond motifs is 1. The zero-order valence-electron chi connectivity index (χ0n) is 10.2. The molecular weight excluding hydrogens is 240 g/mol. The third-order valence-corrected chi connectivity index (χ3v) is 2.95. The summed E-state index contributed by atoms with van der Waals surface area (Å²) in [5.74, 6) is 0.0891. The van der Waals surface area contributed by atoms with E-state index in [0.29, 0.717) is 5.76 Å². The summed E-state index contributed by atoms with van der Waals surface area (Å²) in [5, 5.41) is 2.24. The Hall–Kier alpha value is -2.55. The maximum Gasteiger partial charge on any atom is 0.337 e. The van der Waals surface area contributed by atoms with Crippen LogP contribution < -0.4 is 0 Å². The Labute approximate surface area is 110 Å². The van der Waals surface area contributed by atoms with Crippen LogP contribution in [0.15, 0.2) is 61.2 Å². The smallest absolute Gasteiger partial charge is 0.337 e. The summed E-state index contributed by atoms with van der Waals surface area (Å²) in [6, 6.07) is 13.9. The third-order valence-electron chi connectivity index (χ3n) is 2.95. The Morgan fingerprint density at radius 1 is 1.05 bits per heavy atom. The van der Waals surface area contributed by atoms with Crippen LogP contribution in [0.4, 0.5) is 0 Å². The van der Waals surface area contributed by atoms with Gasteiger partial charge in [-0.2, -0.15) is 0 Å². The van der Waals surface area contributed by atoms with Gasteiger partial charge in [-0.15, -0.1) is 0 Å². The maximum absolute atomic E-state index is 11.5. The topological polar surface area (TPSA) is 35.5 Å². The van der Waals surface area contributed by atoms with E-state index in [1.807, 2.05) is 42.5 Å². The van der Waals surface area contributed by atoms with E-state index in [0.717, 1.165) is 16.3 Å². The van der Waals surface area contributed by atoms with Crippen molar-refractivity contribution in [1.29, 1.82) is 0 Å². The molecule has 2 aromatic carbocycles. The van der Waals surface area contributed by atoms with Crippen LogP contribution in [0, 0.1) is 0 Å². The van der Waals surface area contributed by atoms with Gasteiger partial charge in [-0.3, -0.25) is 0 Å². The number of cyclic esters (lactones) is 1. The van der Waals surface area contributed by atoms with E-state index in [2.05, 4.69) is 6.58 Å². The predicted octanol–water partition coefficient (Wildman–Crippen LogP) is 3.27. The van der Waals surface area contributed by atoms with E-state index in [9.17, 15) is 4.79 Å². The van der Waals surface area contributed by atoms with E-state index in [-0.39, 0.29) is 0 Å². The molecule has 0 saturated carbocycles. The highest BCUT2D eigenvalue weighted by Gasteiger charge is 2.20. The van der Waals surface area contributed by atoms with Crippen molar-refractivity contribution in [1.82, 2.24) is 0 Å². The molecule has 3 heteroatoms. The fraction of sp³-hybridized carbons (Fsp3) is 0.0625. The van der Waals surface area contributed by atoms with Crippen LogP contribution in [0.1, 0.15) is 5.56 Å². The molecule has 0 amide bonds. The van der Waals surface area contributed by atoms with Crippen LogP contribution in [0.5, 0.6) is 0 Å². The van der Waals surface area contributed by atoms with Crippen LogP contribution in [-0.4, -0.2) is 12.3 Å². The molecule has 0 N–H and O–H groups in total. The number of hydrogen-bond donors (Lipinski definition) is 0. The Balaban J connectivity index is 2.04. The molecule has 1 heterocycles. The quantitative estimate of drug-likeness (QED) is 0.608. The van der Waals surface area contributed by atoms with Gasteiger partial charge in [0.1, 0.15) is 5.76 Å². The van der Waals surface area contributed by atoms with Crippen molar-refractivity contribution in [3.05, 3.63) is 66.8 Å². The number of rotatable bonds is 2. The molecule has 0 unspecified atom stereocenters. The highest BCUT2D eigenvalue weighted by atomic mass is 16.7. The molecule has 3 nitrogen and oxygen atoms in total. The molecule has 0 fully saturated rings. The van der Waals surface area contributed by atoms with Crippen LogP contribution in [-0.2, 0) is 14.3 Å². The van der Waals surface area contributed by atoms with Crippen molar-refractivity contribution >= 4 is 22.5 Å². The maximum atomic E-state index is 11.5. The average molecular weight is 252 g/mol. The number of hydrogen-bond acceptors (Lipinski definition) is 3. The van der Waals surface area contributed by atoms with E-state index >= 15 is 0 Å². The summed E-state index contributed by atoms with van der Waals surface area (Å²) >= 11 is 0. The molecule has 0 saturated heterocycles. The average Bonchev–Trinajstić information content (AvgIpc) is 2.46. The zero-order chi connectivity index (χ0) is 13.2. The molecule has 0 spiro atoms.